The van der Waals surface area contributed by atoms with Crippen LogP contribution >= 0.6 is 21.6 Å². The standard InChI is InChI=1S/C4H10O4S.C4H10O2.C3H6O2.C2H6S2/c1-7-3-4-9(5,6)8-2;1-3(5)4(2)6;1-3(4)5-2;1-3-4-2/h3-4H2,1-2H3;3-6H,1-2H3;1-2H3;1-2H3. The molecule has 0 heterocycles. The zero-order valence-corrected chi connectivity index (χ0v) is 18.1. The molecule has 11 heteroatoms. The lowest BCUT2D eigenvalue weighted by Crippen LogP contribution is -2.17. The summed E-state index contributed by atoms with van der Waals surface area (Å²) in [6.07, 6.45) is 2.94. The van der Waals surface area contributed by atoms with E-state index < -0.39 is 22.3 Å². The van der Waals surface area contributed by atoms with Crippen molar-refractivity contribution in [2.75, 3.05) is 46.2 Å². The maximum absolute atomic E-state index is 10.5. The van der Waals surface area contributed by atoms with E-state index in [1.165, 1.54) is 21.1 Å². The number of rotatable bonds is 6. The molecule has 150 valence electrons. The van der Waals surface area contributed by atoms with E-state index in [2.05, 4.69) is 26.2 Å². The molecule has 24 heavy (non-hydrogen) atoms. The summed E-state index contributed by atoms with van der Waals surface area (Å²) in [6, 6.07) is 0. The molecule has 0 rings (SSSR count). The third-order valence-electron chi connectivity index (χ3n) is 1.94. The van der Waals surface area contributed by atoms with E-state index in [0.29, 0.717) is 0 Å². The molecule has 0 saturated carbocycles. The lowest BCUT2D eigenvalue weighted by atomic mass is 10.3. The van der Waals surface area contributed by atoms with Crippen LogP contribution in [-0.2, 0) is 28.6 Å². The SMILES string of the molecule is CC(O)C(C)O.COC(C)=O.COCCS(=O)(=O)OC.CSSC. The molecule has 2 N–H and O–H groups in total. The van der Waals surface area contributed by atoms with E-state index >= 15 is 0 Å². The number of hydrogen-bond donors (Lipinski definition) is 2. The molecule has 8 nitrogen and oxygen atoms in total. The smallest absolute Gasteiger partial charge is 0.302 e. The quantitative estimate of drug-likeness (QED) is 0.373. The van der Waals surface area contributed by atoms with Crippen LogP contribution in [0.4, 0.5) is 0 Å². The molecule has 0 aliphatic carbocycles. The molecule has 0 aromatic carbocycles. The zero-order valence-electron chi connectivity index (χ0n) is 15.6. The molecule has 0 saturated heterocycles. The topological polar surface area (TPSA) is 119 Å². The van der Waals surface area contributed by atoms with Gasteiger partial charge in [0.05, 0.1) is 38.8 Å². The summed E-state index contributed by atoms with van der Waals surface area (Å²) < 4.78 is 33.7. The normalized spacial score (nSPS) is 12.1. The van der Waals surface area contributed by atoms with E-state index in [0.717, 1.165) is 7.11 Å². The summed E-state index contributed by atoms with van der Waals surface area (Å²) in [6.45, 7) is 4.63. The highest BCUT2D eigenvalue weighted by molar-refractivity contribution is 8.76. The van der Waals surface area contributed by atoms with Crippen LogP contribution in [0.5, 0.6) is 0 Å². The Hall–Kier alpha value is -0.0400. The zero-order chi connectivity index (χ0) is 20.2. The Kier molecular flexibility index (Phi) is 30.3. The minimum absolute atomic E-state index is 0.0833. The second kappa shape index (κ2) is 23.0. The summed E-state index contributed by atoms with van der Waals surface area (Å²) in [4.78, 5) is 9.59. The van der Waals surface area contributed by atoms with Crippen LogP contribution in [0.25, 0.3) is 0 Å². The van der Waals surface area contributed by atoms with Crippen molar-refractivity contribution >= 4 is 37.7 Å². The number of aliphatic hydroxyl groups is 2. The molecular formula is C13H32O8S3. The van der Waals surface area contributed by atoms with Gasteiger partial charge >= 0.3 is 5.97 Å². The van der Waals surface area contributed by atoms with E-state index in [9.17, 15) is 13.2 Å². The predicted octanol–water partition coefficient (Wildman–Crippen LogP) is 1.16. The Bertz CT molecular complexity index is 337. The van der Waals surface area contributed by atoms with Crippen LogP contribution in [-0.4, -0.2) is 83.0 Å². The van der Waals surface area contributed by atoms with Crippen molar-refractivity contribution in [1.82, 2.24) is 0 Å². The second-order valence-corrected chi connectivity index (χ2v) is 8.46. The fourth-order valence-electron chi connectivity index (χ4n) is 0.269. The van der Waals surface area contributed by atoms with Gasteiger partial charge in [-0.25, -0.2) is 0 Å². The number of aliphatic hydroxyl groups excluding tert-OH is 2. The van der Waals surface area contributed by atoms with Crippen molar-refractivity contribution in [2.45, 2.75) is 33.0 Å². The molecule has 0 aromatic rings. The van der Waals surface area contributed by atoms with Gasteiger partial charge in [-0.15, -0.1) is 0 Å². The minimum atomic E-state index is -3.31. The van der Waals surface area contributed by atoms with Gasteiger partial charge in [0, 0.05) is 14.0 Å². The van der Waals surface area contributed by atoms with Crippen molar-refractivity contribution in [3.05, 3.63) is 0 Å². The number of carbonyl (C=O) groups excluding carboxylic acids is 1. The van der Waals surface area contributed by atoms with Gasteiger partial charge in [0.1, 0.15) is 0 Å². The first-order valence-corrected chi connectivity index (χ1v) is 11.2. The van der Waals surface area contributed by atoms with Gasteiger partial charge in [-0.3, -0.25) is 8.98 Å². The van der Waals surface area contributed by atoms with E-state index in [-0.39, 0.29) is 18.3 Å². The summed E-state index contributed by atoms with van der Waals surface area (Å²) in [5.74, 6) is -0.329. The Morgan fingerprint density at radius 1 is 1.04 bits per heavy atom. The predicted molar refractivity (Wildman–Crippen MR) is 101 cm³/mol. The number of esters is 1. The highest BCUT2D eigenvalue weighted by atomic mass is 33.1. The highest BCUT2D eigenvalue weighted by Gasteiger charge is 2.05. The van der Waals surface area contributed by atoms with E-state index in [4.69, 9.17) is 10.2 Å². The van der Waals surface area contributed by atoms with Crippen molar-refractivity contribution in [2.24, 2.45) is 0 Å². The van der Waals surface area contributed by atoms with Gasteiger partial charge in [0.15, 0.2) is 0 Å². The van der Waals surface area contributed by atoms with Crippen LogP contribution in [0.15, 0.2) is 0 Å². The first-order valence-electron chi connectivity index (χ1n) is 6.70. The van der Waals surface area contributed by atoms with Crippen molar-refractivity contribution in [3.63, 3.8) is 0 Å². The molecule has 0 aromatic heterocycles. The fourth-order valence-corrected chi connectivity index (χ4v) is 0.806. The Labute approximate surface area is 154 Å². The third-order valence-corrected chi connectivity index (χ3v) is 4.45. The molecule has 0 fully saturated rings. The van der Waals surface area contributed by atoms with Crippen LogP contribution in [0, 0.1) is 0 Å². The molecule has 0 aliphatic rings. The monoisotopic (exact) mass is 412 g/mol. The first-order chi connectivity index (χ1) is 10.9. The summed E-state index contributed by atoms with van der Waals surface area (Å²) in [5.41, 5.74) is 0. The Morgan fingerprint density at radius 2 is 1.38 bits per heavy atom. The van der Waals surface area contributed by atoms with E-state index in [1.54, 1.807) is 35.4 Å². The Balaban J connectivity index is -0.000000117. The second-order valence-electron chi connectivity index (χ2n) is 3.93. The molecule has 0 spiro atoms. The molecular weight excluding hydrogens is 380 g/mol. The van der Waals surface area contributed by atoms with Crippen LogP contribution < -0.4 is 0 Å². The van der Waals surface area contributed by atoms with E-state index in [1.807, 2.05) is 0 Å². The van der Waals surface area contributed by atoms with Crippen LogP contribution in [0.3, 0.4) is 0 Å². The van der Waals surface area contributed by atoms with Crippen LogP contribution in [0.2, 0.25) is 0 Å². The minimum Gasteiger partial charge on any atom is -0.469 e. The molecule has 2 unspecified atom stereocenters. The lowest BCUT2D eigenvalue weighted by molar-refractivity contribution is -0.137. The largest absolute Gasteiger partial charge is 0.469 e. The van der Waals surface area contributed by atoms with Gasteiger partial charge in [-0.05, 0) is 26.4 Å². The fraction of sp³-hybridized carbons (Fsp3) is 0.923. The molecule has 0 radical (unpaired) electrons. The number of ether oxygens (including phenoxy) is 2. The molecule has 0 bridgehead atoms. The Morgan fingerprint density at radius 3 is 1.50 bits per heavy atom. The molecule has 0 aliphatic heterocycles. The maximum Gasteiger partial charge on any atom is 0.302 e. The molecule has 2 atom stereocenters. The third kappa shape index (κ3) is 43.1. The summed E-state index contributed by atoms with van der Waals surface area (Å²) in [7, 11) is 4.15. The number of hydrogen-bond acceptors (Lipinski definition) is 10. The lowest BCUT2D eigenvalue weighted by Gasteiger charge is -2.03. The summed E-state index contributed by atoms with van der Waals surface area (Å²) >= 11 is 0. The number of carbonyl (C=O) groups is 1. The van der Waals surface area contributed by atoms with Crippen LogP contribution in [0.1, 0.15) is 20.8 Å². The van der Waals surface area contributed by atoms with Gasteiger partial charge in [-0.2, -0.15) is 8.42 Å². The van der Waals surface area contributed by atoms with Gasteiger partial charge < -0.3 is 19.7 Å². The van der Waals surface area contributed by atoms with Crippen molar-refractivity contribution in [1.29, 1.82) is 0 Å². The first kappa shape index (κ1) is 31.7. The highest BCUT2D eigenvalue weighted by Crippen LogP contribution is 2.09. The average molecular weight is 413 g/mol. The van der Waals surface area contributed by atoms with Crippen molar-refractivity contribution in [3.8, 4) is 0 Å². The maximum atomic E-state index is 10.5. The van der Waals surface area contributed by atoms with Gasteiger partial charge in [-0.1, -0.05) is 21.6 Å². The summed E-state index contributed by atoms with van der Waals surface area (Å²) in [5, 5.41) is 16.8. The average Bonchev–Trinajstić information content (AvgIpc) is 2.54. The van der Waals surface area contributed by atoms with Gasteiger partial charge in [0.2, 0.25) is 0 Å². The number of methoxy groups -OCH3 is 2. The van der Waals surface area contributed by atoms with Gasteiger partial charge in [0.25, 0.3) is 10.1 Å². The van der Waals surface area contributed by atoms with Crippen molar-refractivity contribution < 1.29 is 37.1 Å². The molecule has 0 amide bonds.